The summed E-state index contributed by atoms with van der Waals surface area (Å²) in [5.74, 6) is 0.905. The molecule has 0 radical (unpaired) electrons. The maximum absolute atomic E-state index is 6.08. The Hall–Kier alpha value is -2.63. The van der Waals surface area contributed by atoms with Crippen molar-refractivity contribution < 1.29 is 9.47 Å². The van der Waals surface area contributed by atoms with Crippen molar-refractivity contribution in [3.05, 3.63) is 77.1 Å². The molecule has 0 unspecified atom stereocenters. The molecule has 5 nitrogen and oxygen atoms in total. The average Bonchev–Trinajstić information content (AvgIpc) is 3.06. The third-order valence-electron chi connectivity index (χ3n) is 4.98. The van der Waals surface area contributed by atoms with E-state index in [1.165, 1.54) is 5.56 Å². The van der Waals surface area contributed by atoms with E-state index >= 15 is 0 Å². The second-order valence-electron chi connectivity index (χ2n) is 7.33. The lowest BCUT2D eigenvalue weighted by Gasteiger charge is -2.26. The molecule has 2 heterocycles. The molecule has 0 bridgehead atoms. The Morgan fingerprint density at radius 3 is 2.54 bits per heavy atom. The van der Waals surface area contributed by atoms with Gasteiger partial charge in [0, 0.05) is 25.3 Å². The van der Waals surface area contributed by atoms with Crippen LogP contribution >= 0.6 is 0 Å². The van der Waals surface area contributed by atoms with Gasteiger partial charge in [-0.3, -0.25) is 4.90 Å². The lowest BCUT2D eigenvalue weighted by Crippen LogP contribution is -2.35. The summed E-state index contributed by atoms with van der Waals surface area (Å²) in [6.07, 6.45) is 0. The number of ether oxygens (including phenoxy) is 2. The van der Waals surface area contributed by atoms with Crippen molar-refractivity contribution in [3.63, 3.8) is 0 Å². The topological polar surface area (TPSA) is 39.5 Å². The summed E-state index contributed by atoms with van der Waals surface area (Å²) < 4.78 is 13.5. The third-order valence-corrected chi connectivity index (χ3v) is 4.98. The van der Waals surface area contributed by atoms with Crippen LogP contribution in [0.4, 0.5) is 0 Å². The molecule has 1 aromatic heterocycles. The number of morpholine rings is 1. The van der Waals surface area contributed by atoms with Gasteiger partial charge in [-0.15, -0.1) is 0 Å². The summed E-state index contributed by atoms with van der Waals surface area (Å²) in [5.41, 5.74) is 5.62. The third kappa shape index (κ3) is 4.61. The smallest absolute Gasteiger partial charge is 0.120 e. The molecule has 4 rings (SSSR count). The molecule has 0 atom stereocenters. The van der Waals surface area contributed by atoms with Crippen LogP contribution in [0.1, 0.15) is 22.5 Å². The minimum absolute atomic E-state index is 0.536. The first-order chi connectivity index (χ1) is 13.7. The molecule has 1 aliphatic rings. The number of aryl methyl sites for hydroxylation is 2. The van der Waals surface area contributed by atoms with E-state index in [9.17, 15) is 0 Å². The molecule has 2 aromatic carbocycles. The standard InChI is InChI=1S/C23H27N3O2/c1-18-13-19(2)26(24-18)22-7-3-6-21(14-22)17-28-23-8-4-5-20(15-23)16-25-9-11-27-12-10-25/h3-8,13-15H,9-12,16-17H2,1-2H3. The first kappa shape index (κ1) is 18.7. The average molecular weight is 377 g/mol. The molecule has 146 valence electrons. The predicted molar refractivity (Wildman–Crippen MR) is 110 cm³/mol. The van der Waals surface area contributed by atoms with E-state index in [0.717, 1.165) is 61.2 Å². The zero-order chi connectivity index (χ0) is 19.3. The first-order valence-corrected chi connectivity index (χ1v) is 9.82. The second-order valence-corrected chi connectivity index (χ2v) is 7.33. The van der Waals surface area contributed by atoms with Crippen LogP contribution in [0, 0.1) is 13.8 Å². The Morgan fingerprint density at radius 2 is 1.75 bits per heavy atom. The molecule has 1 aliphatic heterocycles. The number of hydrogen-bond acceptors (Lipinski definition) is 4. The van der Waals surface area contributed by atoms with E-state index < -0.39 is 0 Å². The Labute approximate surface area is 166 Å². The van der Waals surface area contributed by atoms with E-state index in [-0.39, 0.29) is 0 Å². The highest BCUT2D eigenvalue weighted by Gasteiger charge is 2.11. The second kappa shape index (κ2) is 8.59. The predicted octanol–water partition coefficient (Wildman–Crippen LogP) is 3.90. The summed E-state index contributed by atoms with van der Waals surface area (Å²) in [6, 6.07) is 18.8. The zero-order valence-electron chi connectivity index (χ0n) is 16.6. The lowest BCUT2D eigenvalue weighted by molar-refractivity contribution is 0.0341. The highest BCUT2D eigenvalue weighted by Crippen LogP contribution is 2.19. The molecule has 0 amide bonds. The highest BCUT2D eigenvalue weighted by molar-refractivity contribution is 5.37. The minimum atomic E-state index is 0.536. The number of benzene rings is 2. The van der Waals surface area contributed by atoms with Crippen LogP contribution < -0.4 is 4.74 Å². The fraction of sp³-hybridized carbons (Fsp3) is 0.348. The minimum Gasteiger partial charge on any atom is -0.489 e. The van der Waals surface area contributed by atoms with Crippen molar-refractivity contribution in [1.82, 2.24) is 14.7 Å². The van der Waals surface area contributed by atoms with Crippen molar-refractivity contribution in [2.75, 3.05) is 26.3 Å². The monoisotopic (exact) mass is 377 g/mol. The molecule has 1 fully saturated rings. The van der Waals surface area contributed by atoms with Crippen molar-refractivity contribution >= 4 is 0 Å². The van der Waals surface area contributed by atoms with Crippen LogP contribution in [-0.2, 0) is 17.9 Å². The van der Waals surface area contributed by atoms with E-state index in [0.29, 0.717) is 6.61 Å². The van der Waals surface area contributed by atoms with Gasteiger partial charge in [-0.1, -0.05) is 24.3 Å². The molecule has 3 aromatic rings. The van der Waals surface area contributed by atoms with Gasteiger partial charge >= 0.3 is 0 Å². The van der Waals surface area contributed by atoms with Crippen molar-refractivity contribution in [3.8, 4) is 11.4 Å². The van der Waals surface area contributed by atoms with Crippen molar-refractivity contribution in [2.45, 2.75) is 27.0 Å². The van der Waals surface area contributed by atoms with Crippen molar-refractivity contribution in [2.24, 2.45) is 0 Å². The Bertz CT molecular complexity index is 929. The zero-order valence-corrected chi connectivity index (χ0v) is 16.6. The van der Waals surface area contributed by atoms with Gasteiger partial charge in [0.1, 0.15) is 12.4 Å². The van der Waals surface area contributed by atoms with Gasteiger partial charge < -0.3 is 9.47 Å². The summed E-state index contributed by atoms with van der Waals surface area (Å²) in [5, 5.41) is 4.57. The molecule has 0 saturated carbocycles. The number of hydrogen-bond donors (Lipinski definition) is 0. The van der Waals surface area contributed by atoms with Gasteiger partial charge in [0.2, 0.25) is 0 Å². The molecule has 0 spiro atoms. The van der Waals surface area contributed by atoms with E-state index in [1.54, 1.807) is 0 Å². The summed E-state index contributed by atoms with van der Waals surface area (Å²) in [7, 11) is 0. The van der Waals surface area contributed by atoms with Crippen LogP contribution in [-0.4, -0.2) is 41.0 Å². The largest absolute Gasteiger partial charge is 0.489 e. The Morgan fingerprint density at radius 1 is 0.964 bits per heavy atom. The highest BCUT2D eigenvalue weighted by atomic mass is 16.5. The normalized spacial score (nSPS) is 14.9. The fourth-order valence-corrected chi connectivity index (χ4v) is 3.59. The molecule has 5 heteroatoms. The van der Waals surface area contributed by atoms with Gasteiger partial charge in [0.25, 0.3) is 0 Å². The maximum atomic E-state index is 6.08. The number of aromatic nitrogens is 2. The Balaban J connectivity index is 1.41. The van der Waals surface area contributed by atoms with Crippen LogP contribution in [0.15, 0.2) is 54.6 Å². The van der Waals surface area contributed by atoms with Gasteiger partial charge in [0.05, 0.1) is 24.6 Å². The maximum Gasteiger partial charge on any atom is 0.120 e. The molecule has 0 N–H and O–H groups in total. The molecular formula is C23H27N3O2. The van der Waals surface area contributed by atoms with Gasteiger partial charge in [-0.05, 0) is 55.3 Å². The number of nitrogens with zero attached hydrogens (tertiary/aromatic N) is 3. The summed E-state index contributed by atoms with van der Waals surface area (Å²) >= 11 is 0. The summed E-state index contributed by atoms with van der Waals surface area (Å²) in [4.78, 5) is 2.42. The van der Waals surface area contributed by atoms with Crippen LogP contribution in [0.2, 0.25) is 0 Å². The van der Waals surface area contributed by atoms with E-state index in [2.05, 4.69) is 65.5 Å². The molecule has 1 saturated heterocycles. The summed E-state index contributed by atoms with van der Waals surface area (Å²) in [6.45, 7) is 9.18. The molecule has 0 aliphatic carbocycles. The van der Waals surface area contributed by atoms with Gasteiger partial charge in [0.15, 0.2) is 0 Å². The van der Waals surface area contributed by atoms with Crippen LogP contribution in [0.3, 0.4) is 0 Å². The SMILES string of the molecule is Cc1cc(C)n(-c2cccc(COc3cccc(CN4CCOCC4)c3)c2)n1. The van der Waals surface area contributed by atoms with Crippen LogP contribution in [0.5, 0.6) is 5.75 Å². The Kier molecular flexibility index (Phi) is 5.74. The number of rotatable bonds is 6. The van der Waals surface area contributed by atoms with Gasteiger partial charge in [-0.2, -0.15) is 5.10 Å². The lowest BCUT2D eigenvalue weighted by atomic mass is 10.2. The van der Waals surface area contributed by atoms with Gasteiger partial charge in [-0.25, -0.2) is 4.68 Å². The molecule has 28 heavy (non-hydrogen) atoms. The first-order valence-electron chi connectivity index (χ1n) is 9.82. The quantitative estimate of drug-likeness (QED) is 0.653. The molecular weight excluding hydrogens is 350 g/mol. The van der Waals surface area contributed by atoms with Crippen molar-refractivity contribution in [1.29, 1.82) is 0 Å². The van der Waals surface area contributed by atoms with E-state index in [1.807, 2.05) is 17.7 Å². The van der Waals surface area contributed by atoms with Crippen LogP contribution in [0.25, 0.3) is 5.69 Å². The fourth-order valence-electron chi connectivity index (χ4n) is 3.59. The van der Waals surface area contributed by atoms with E-state index in [4.69, 9.17) is 9.47 Å².